The van der Waals surface area contributed by atoms with Gasteiger partial charge in [-0.25, -0.2) is 4.39 Å². The monoisotopic (exact) mass is 265 g/mol. The third-order valence-electron chi connectivity index (χ3n) is 5.32. The fraction of sp³-hybridized carbons (Fsp3) is 0.625. The number of hydrogen-bond acceptors (Lipinski definition) is 2. The molecule has 0 spiro atoms. The van der Waals surface area contributed by atoms with Crippen molar-refractivity contribution in [3.63, 3.8) is 0 Å². The van der Waals surface area contributed by atoms with E-state index >= 15 is 0 Å². The van der Waals surface area contributed by atoms with Gasteiger partial charge in [-0.05, 0) is 29.9 Å². The summed E-state index contributed by atoms with van der Waals surface area (Å²) >= 11 is 0. The van der Waals surface area contributed by atoms with Crippen LogP contribution in [-0.2, 0) is 0 Å². The summed E-state index contributed by atoms with van der Waals surface area (Å²) in [5.74, 6) is 0.788. The van der Waals surface area contributed by atoms with E-state index in [2.05, 4.69) is 33.0 Å². The van der Waals surface area contributed by atoms with E-state index in [1.807, 2.05) is 19.2 Å². The predicted octanol–water partition coefficient (Wildman–Crippen LogP) is 3.78. The van der Waals surface area contributed by atoms with Gasteiger partial charge in [0.1, 0.15) is 11.6 Å². The largest absolute Gasteiger partial charge is 0.497 e. The minimum atomic E-state index is -0.197. The molecule has 0 radical (unpaired) electrons. The molecule has 2 nitrogen and oxygen atoms in total. The molecule has 1 aliphatic carbocycles. The zero-order valence-electron chi connectivity index (χ0n) is 12.7. The normalized spacial score (nSPS) is 22.1. The van der Waals surface area contributed by atoms with Crippen LogP contribution in [0.25, 0.3) is 0 Å². The van der Waals surface area contributed by atoms with Gasteiger partial charge in [0.15, 0.2) is 0 Å². The third-order valence-corrected chi connectivity index (χ3v) is 5.32. The molecular weight excluding hydrogens is 241 g/mol. The number of hydrogen-bond donors (Lipinski definition) is 1. The van der Waals surface area contributed by atoms with Gasteiger partial charge in [0.25, 0.3) is 0 Å². The first-order valence-electron chi connectivity index (χ1n) is 6.78. The van der Waals surface area contributed by atoms with Crippen molar-refractivity contribution in [3.8, 4) is 5.75 Å². The number of halogens is 1. The van der Waals surface area contributed by atoms with Gasteiger partial charge >= 0.3 is 0 Å². The van der Waals surface area contributed by atoms with E-state index in [-0.39, 0.29) is 22.7 Å². The summed E-state index contributed by atoms with van der Waals surface area (Å²) in [7, 11) is 3.45. The molecule has 0 heterocycles. The van der Waals surface area contributed by atoms with Crippen molar-refractivity contribution in [2.45, 2.75) is 33.7 Å². The van der Waals surface area contributed by atoms with E-state index in [0.29, 0.717) is 11.7 Å². The summed E-state index contributed by atoms with van der Waals surface area (Å²) in [6.07, 6.45) is 0. The van der Waals surface area contributed by atoms with Gasteiger partial charge < -0.3 is 10.1 Å². The van der Waals surface area contributed by atoms with Crippen LogP contribution in [0.2, 0.25) is 0 Å². The first-order valence-corrected chi connectivity index (χ1v) is 6.78. The van der Waals surface area contributed by atoms with Crippen LogP contribution in [-0.4, -0.2) is 14.2 Å². The number of benzene rings is 1. The van der Waals surface area contributed by atoms with Crippen LogP contribution in [0.4, 0.5) is 4.39 Å². The summed E-state index contributed by atoms with van der Waals surface area (Å²) in [6, 6.07) is 5.16. The standard InChI is InChI=1S/C16H24FNO/c1-15(2)14(16(15,3)4)13(18-5)11-8-7-10(19-6)9-12(11)17/h7-9,13-14,18H,1-6H3. The van der Waals surface area contributed by atoms with E-state index in [9.17, 15) is 4.39 Å². The lowest BCUT2D eigenvalue weighted by molar-refractivity contribution is 0.401. The summed E-state index contributed by atoms with van der Waals surface area (Å²) in [5.41, 5.74) is 1.16. The number of rotatable bonds is 4. The van der Waals surface area contributed by atoms with Crippen molar-refractivity contribution in [2.75, 3.05) is 14.2 Å². The van der Waals surface area contributed by atoms with Crippen LogP contribution in [0, 0.1) is 22.6 Å². The highest BCUT2D eigenvalue weighted by atomic mass is 19.1. The van der Waals surface area contributed by atoms with E-state index < -0.39 is 0 Å². The Labute approximate surface area is 115 Å². The molecule has 3 heteroatoms. The molecule has 0 aliphatic heterocycles. The number of methoxy groups -OCH3 is 1. The average Bonchev–Trinajstić information content (AvgIpc) is 2.74. The molecule has 0 saturated heterocycles. The summed E-state index contributed by atoms with van der Waals surface area (Å²) < 4.78 is 19.3. The fourth-order valence-electron chi connectivity index (χ4n) is 3.47. The molecule has 1 N–H and O–H groups in total. The van der Waals surface area contributed by atoms with Crippen LogP contribution in [0.15, 0.2) is 18.2 Å². The molecule has 1 saturated carbocycles. The highest BCUT2D eigenvalue weighted by Gasteiger charge is 2.67. The molecule has 1 unspecified atom stereocenters. The van der Waals surface area contributed by atoms with Crippen LogP contribution >= 0.6 is 0 Å². The second kappa shape index (κ2) is 4.48. The number of nitrogens with one attached hydrogen (secondary N) is 1. The lowest BCUT2D eigenvalue weighted by Crippen LogP contribution is -2.22. The van der Waals surface area contributed by atoms with Crippen molar-refractivity contribution < 1.29 is 9.13 Å². The van der Waals surface area contributed by atoms with E-state index in [1.54, 1.807) is 7.11 Å². The molecule has 1 aliphatic rings. The van der Waals surface area contributed by atoms with Gasteiger partial charge in [0.05, 0.1) is 7.11 Å². The summed E-state index contributed by atoms with van der Waals surface area (Å²) in [4.78, 5) is 0. The highest BCUT2D eigenvalue weighted by Crippen LogP contribution is 2.72. The molecule has 0 bridgehead atoms. The Bertz CT molecular complexity index is 468. The lowest BCUT2D eigenvalue weighted by Gasteiger charge is -2.20. The molecule has 1 aromatic carbocycles. The third kappa shape index (κ3) is 2.04. The molecular formula is C16H24FNO. The summed E-state index contributed by atoms with van der Waals surface area (Å²) in [5, 5.41) is 3.29. The van der Waals surface area contributed by atoms with Crippen LogP contribution in [0.3, 0.4) is 0 Å². The molecule has 0 aromatic heterocycles. The van der Waals surface area contributed by atoms with Crippen molar-refractivity contribution >= 4 is 0 Å². The van der Waals surface area contributed by atoms with Gasteiger partial charge in [-0.3, -0.25) is 0 Å². The molecule has 1 atom stereocenters. The van der Waals surface area contributed by atoms with E-state index in [1.165, 1.54) is 6.07 Å². The van der Waals surface area contributed by atoms with Crippen molar-refractivity contribution in [2.24, 2.45) is 16.7 Å². The Morgan fingerprint density at radius 1 is 1.21 bits per heavy atom. The smallest absolute Gasteiger partial charge is 0.131 e. The van der Waals surface area contributed by atoms with Crippen molar-refractivity contribution in [3.05, 3.63) is 29.6 Å². The van der Waals surface area contributed by atoms with Crippen molar-refractivity contribution in [1.29, 1.82) is 0 Å². The minimum Gasteiger partial charge on any atom is -0.497 e. The van der Waals surface area contributed by atoms with Gasteiger partial charge in [0, 0.05) is 17.7 Å². The zero-order chi connectivity index (χ0) is 14.4. The van der Waals surface area contributed by atoms with Crippen LogP contribution in [0.1, 0.15) is 39.3 Å². The average molecular weight is 265 g/mol. The zero-order valence-corrected chi connectivity index (χ0v) is 12.7. The maximum absolute atomic E-state index is 14.2. The first kappa shape index (κ1) is 14.3. The van der Waals surface area contributed by atoms with E-state index in [4.69, 9.17) is 4.74 Å². The quantitative estimate of drug-likeness (QED) is 0.894. The van der Waals surface area contributed by atoms with Gasteiger partial charge in [-0.15, -0.1) is 0 Å². The SMILES string of the molecule is CNC(c1ccc(OC)cc1F)C1C(C)(C)C1(C)C. The molecule has 2 rings (SSSR count). The van der Waals surface area contributed by atoms with Gasteiger partial charge in [0.2, 0.25) is 0 Å². The predicted molar refractivity (Wildman–Crippen MR) is 75.8 cm³/mol. The van der Waals surface area contributed by atoms with Crippen molar-refractivity contribution in [1.82, 2.24) is 5.32 Å². The van der Waals surface area contributed by atoms with Gasteiger partial charge in [-0.2, -0.15) is 0 Å². The Balaban J connectivity index is 2.35. The maximum Gasteiger partial charge on any atom is 0.131 e. The molecule has 0 amide bonds. The minimum absolute atomic E-state index is 0.0379. The summed E-state index contributed by atoms with van der Waals surface area (Å²) in [6.45, 7) is 9.01. The Kier molecular flexibility index (Phi) is 3.38. The lowest BCUT2D eigenvalue weighted by atomic mass is 9.96. The Hall–Kier alpha value is -1.09. The Morgan fingerprint density at radius 3 is 2.16 bits per heavy atom. The molecule has 19 heavy (non-hydrogen) atoms. The van der Waals surface area contributed by atoms with Crippen LogP contribution in [0.5, 0.6) is 5.75 Å². The Morgan fingerprint density at radius 2 is 1.79 bits per heavy atom. The van der Waals surface area contributed by atoms with E-state index in [0.717, 1.165) is 5.56 Å². The molecule has 106 valence electrons. The first-order chi connectivity index (χ1) is 8.77. The molecule has 1 aromatic rings. The van der Waals surface area contributed by atoms with Gasteiger partial charge in [-0.1, -0.05) is 33.8 Å². The highest BCUT2D eigenvalue weighted by molar-refractivity contribution is 5.34. The maximum atomic E-state index is 14.2. The second-order valence-electron chi connectivity index (χ2n) is 6.57. The second-order valence-corrected chi connectivity index (χ2v) is 6.57. The van der Waals surface area contributed by atoms with Crippen LogP contribution < -0.4 is 10.1 Å². The fourth-order valence-corrected chi connectivity index (χ4v) is 3.47. The topological polar surface area (TPSA) is 21.3 Å². The molecule has 1 fully saturated rings. The number of ether oxygens (including phenoxy) is 1.